The van der Waals surface area contributed by atoms with Gasteiger partial charge >= 0.3 is 0 Å². The summed E-state index contributed by atoms with van der Waals surface area (Å²) < 4.78 is 5.14. The highest BCUT2D eigenvalue weighted by Crippen LogP contribution is 2.19. The molecule has 0 saturated heterocycles. The summed E-state index contributed by atoms with van der Waals surface area (Å²) in [7, 11) is 0. The van der Waals surface area contributed by atoms with Crippen molar-refractivity contribution in [2.45, 2.75) is 32.4 Å². The molecule has 0 fully saturated rings. The summed E-state index contributed by atoms with van der Waals surface area (Å²) in [6, 6.07) is 11.4. The van der Waals surface area contributed by atoms with Gasteiger partial charge in [0.25, 0.3) is 5.91 Å². The average molecular weight is 355 g/mol. The van der Waals surface area contributed by atoms with Crippen molar-refractivity contribution in [1.29, 1.82) is 0 Å². The highest BCUT2D eigenvalue weighted by molar-refractivity contribution is 6.05. The quantitative estimate of drug-likeness (QED) is 0.793. The van der Waals surface area contributed by atoms with Crippen LogP contribution in [0.2, 0.25) is 0 Å². The summed E-state index contributed by atoms with van der Waals surface area (Å²) in [6.45, 7) is 2.56. The van der Waals surface area contributed by atoms with Crippen LogP contribution >= 0.6 is 0 Å². The molecule has 0 aliphatic carbocycles. The van der Waals surface area contributed by atoms with Gasteiger partial charge in [0.15, 0.2) is 0 Å². The average Bonchev–Trinajstić information content (AvgIpc) is 3.32. The Labute approximate surface area is 151 Å². The number of hydrogen-bond acceptors (Lipinski definition) is 5. The zero-order chi connectivity index (χ0) is 18.4. The van der Waals surface area contributed by atoms with Gasteiger partial charge in [0.05, 0.1) is 18.5 Å². The van der Waals surface area contributed by atoms with Crippen molar-refractivity contribution in [3.05, 3.63) is 59.5 Å². The Balaban J connectivity index is 1.38. The fourth-order valence-electron chi connectivity index (χ4n) is 2.67. The number of benzene rings is 1. The number of oxime groups is 1. The molecule has 2 amide bonds. The molecule has 2 heterocycles. The highest BCUT2D eigenvalue weighted by atomic mass is 16.6. The number of rotatable bonds is 7. The molecule has 7 nitrogen and oxygen atoms in total. The van der Waals surface area contributed by atoms with Crippen LogP contribution in [0.3, 0.4) is 0 Å². The molecule has 7 heteroatoms. The molecular weight excluding hydrogens is 334 g/mol. The van der Waals surface area contributed by atoms with Gasteiger partial charge in [0, 0.05) is 24.9 Å². The maximum absolute atomic E-state index is 12.2. The molecule has 2 N–H and O–H groups in total. The molecule has 0 saturated carbocycles. The van der Waals surface area contributed by atoms with Crippen LogP contribution in [-0.2, 0) is 21.0 Å². The predicted octanol–water partition coefficient (Wildman–Crippen LogP) is 1.90. The molecule has 3 rings (SSSR count). The summed E-state index contributed by atoms with van der Waals surface area (Å²) in [5, 5.41) is 9.48. The Morgan fingerprint density at radius 2 is 2.04 bits per heavy atom. The lowest BCUT2D eigenvalue weighted by molar-refractivity contribution is -0.131. The molecule has 1 aliphatic heterocycles. The molecule has 1 atom stereocenters. The number of carbonyl (C=O) groups excluding carboxylic acids is 2. The second kappa shape index (κ2) is 8.33. The smallest absolute Gasteiger partial charge is 0.264 e. The molecule has 0 spiro atoms. The van der Waals surface area contributed by atoms with Crippen molar-refractivity contribution in [3.63, 3.8) is 0 Å². The second-order valence-electron chi connectivity index (χ2n) is 6.05. The monoisotopic (exact) mass is 355 g/mol. The van der Waals surface area contributed by atoms with Crippen LogP contribution in [0.5, 0.6) is 0 Å². The van der Waals surface area contributed by atoms with Crippen molar-refractivity contribution in [2.75, 3.05) is 6.54 Å². The normalized spacial score (nSPS) is 15.9. The van der Waals surface area contributed by atoms with E-state index >= 15 is 0 Å². The van der Waals surface area contributed by atoms with Crippen LogP contribution in [0.4, 0.5) is 0 Å². The van der Waals surface area contributed by atoms with E-state index in [-0.39, 0.29) is 24.8 Å². The fourth-order valence-corrected chi connectivity index (χ4v) is 2.67. The van der Waals surface area contributed by atoms with Gasteiger partial charge < -0.3 is 19.9 Å². The number of aryl methyl sites for hydroxylation is 1. The summed E-state index contributed by atoms with van der Waals surface area (Å²) >= 11 is 0. The third-order valence-electron chi connectivity index (χ3n) is 4.11. The predicted molar refractivity (Wildman–Crippen MR) is 95.4 cm³/mol. The van der Waals surface area contributed by atoms with Gasteiger partial charge in [-0.15, -0.1) is 0 Å². The van der Waals surface area contributed by atoms with E-state index in [0.29, 0.717) is 18.7 Å². The van der Waals surface area contributed by atoms with Crippen molar-refractivity contribution >= 4 is 17.5 Å². The SMILES string of the molecule is Cc1ccccc1C1=NOC(C(=O)NCCC(=O)NCc2ccco2)C1. The van der Waals surface area contributed by atoms with Crippen molar-refractivity contribution in [1.82, 2.24) is 10.6 Å². The first-order valence-corrected chi connectivity index (χ1v) is 8.49. The van der Waals surface area contributed by atoms with Gasteiger partial charge in [-0.2, -0.15) is 0 Å². The lowest BCUT2D eigenvalue weighted by Crippen LogP contribution is -2.37. The Morgan fingerprint density at radius 1 is 1.19 bits per heavy atom. The van der Waals surface area contributed by atoms with E-state index in [1.807, 2.05) is 31.2 Å². The number of furan rings is 1. The van der Waals surface area contributed by atoms with Crippen molar-refractivity contribution < 1.29 is 18.8 Å². The Hall–Kier alpha value is -3.09. The van der Waals surface area contributed by atoms with Gasteiger partial charge in [-0.3, -0.25) is 9.59 Å². The Bertz CT molecular complexity index is 799. The minimum Gasteiger partial charge on any atom is -0.467 e. The van der Waals surface area contributed by atoms with Gasteiger partial charge in [-0.05, 0) is 24.6 Å². The molecule has 1 aromatic heterocycles. The summed E-state index contributed by atoms with van der Waals surface area (Å²) in [5.74, 6) is 0.254. The van der Waals surface area contributed by atoms with E-state index in [9.17, 15) is 9.59 Å². The number of nitrogens with zero attached hydrogens (tertiary/aromatic N) is 1. The maximum atomic E-state index is 12.2. The van der Waals surface area contributed by atoms with Crippen LogP contribution < -0.4 is 10.6 Å². The second-order valence-corrected chi connectivity index (χ2v) is 6.05. The maximum Gasteiger partial charge on any atom is 0.264 e. The van der Waals surface area contributed by atoms with Crippen LogP contribution in [0.1, 0.15) is 29.7 Å². The van der Waals surface area contributed by atoms with Crippen molar-refractivity contribution in [3.8, 4) is 0 Å². The largest absolute Gasteiger partial charge is 0.467 e. The molecule has 1 aromatic carbocycles. The van der Waals surface area contributed by atoms with E-state index in [2.05, 4.69) is 15.8 Å². The summed E-state index contributed by atoms with van der Waals surface area (Å²) in [4.78, 5) is 29.2. The minimum atomic E-state index is -0.657. The molecule has 0 radical (unpaired) electrons. The molecular formula is C19H21N3O4. The topological polar surface area (TPSA) is 92.9 Å². The van der Waals surface area contributed by atoms with E-state index in [1.54, 1.807) is 18.4 Å². The standard InChI is InChI=1S/C19H21N3O4/c1-13-5-2-3-7-15(13)16-11-17(26-22-16)19(24)20-9-8-18(23)21-12-14-6-4-10-25-14/h2-7,10,17H,8-9,11-12H2,1H3,(H,20,24)(H,21,23). The van der Waals surface area contributed by atoms with Gasteiger partial charge in [0.2, 0.25) is 12.0 Å². The Morgan fingerprint density at radius 3 is 2.81 bits per heavy atom. The third kappa shape index (κ3) is 4.50. The van der Waals surface area contributed by atoms with Crippen LogP contribution in [0.15, 0.2) is 52.2 Å². The third-order valence-corrected chi connectivity index (χ3v) is 4.11. The number of hydrogen-bond donors (Lipinski definition) is 2. The molecule has 2 aromatic rings. The first-order valence-electron chi connectivity index (χ1n) is 8.49. The van der Waals surface area contributed by atoms with Crippen molar-refractivity contribution in [2.24, 2.45) is 5.16 Å². The molecule has 1 aliphatic rings. The highest BCUT2D eigenvalue weighted by Gasteiger charge is 2.29. The zero-order valence-corrected chi connectivity index (χ0v) is 14.5. The zero-order valence-electron chi connectivity index (χ0n) is 14.5. The van der Waals surface area contributed by atoms with Crippen LogP contribution in [-0.4, -0.2) is 30.2 Å². The van der Waals surface area contributed by atoms with E-state index in [4.69, 9.17) is 9.25 Å². The van der Waals surface area contributed by atoms with E-state index in [1.165, 1.54) is 0 Å². The molecule has 136 valence electrons. The van der Waals surface area contributed by atoms with Gasteiger partial charge in [-0.25, -0.2) is 0 Å². The first kappa shape index (κ1) is 17.7. The number of carbonyl (C=O) groups is 2. The van der Waals surface area contributed by atoms with Gasteiger partial charge in [-0.1, -0.05) is 29.4 Å². The molecule has 0 bridgehead atoms. The van der Waals surface area contributed by atoms with Crippen LogP contribution in [0.25, 0.3) is 0 Å². The number of amides is 2. The number of nitrogens with one attached hydrogen (secondary N) is 2. The summed E-state index contributed by atoms with van der Waals surface area (Å²) in [5.41, 5.74) is 2.84. The summed E-state index contributed by atoms with van der Waals surface area (Å²) in [6.07, 6.45) is 1.50. The van der Waals surface area contributed by atoms with E-state index < -0.39 is 6.10 Å². The molecule has 1 unspecified atom stereocenters. The first-order chi connectivity index (χ1) is 12.6. The lowest BCUT2D eigenvalue weighted by atomic mass is 10.0. The fraction of sp³-hybridized carbons (Fsp3) is 0.316. The lowest BCUT2D eigenvalue weighted by Gasteiger charge is -2.09. The van der Waals surface area contributed by atoms with Gasteiger partial charge in [0.1, 0.15) is 5.76 Å². The van der Waals surface area contributed by atoms with E-state index in [0.717, 1.165) is 16.8 Å². The van der Waals surface area contributed by atoms with Crippen LogP contribution in [0, 0.1) is 6.92 Å². The Kier molecular flexibility index (Phi) is 5.68. The molecule has 26 heavy (non-hydrogen) atoms. The minimum absolute atomic E-state index is 0.161.